The van der Waals surface area contributed by atoms with E-state index < -0.39 is 6.09 Å². The molecule has 0 bridgehead atoms. The molecule has 0 spiro atoms. The van der Waals surface area contributed by atoms with Gasteiger partial charge in [-0.3, -0.25) is 10.1 Å². The van der Waals surface area contributed by atoms with Gasteiger partial charge >= 0.3 is 6.09 Å². The minimum Gasteiger partial charge on any atom is -0.453 e. The molecule has 1 aromatic heterocycles. The molecular weight excluding hydrogens is 344 g/mol. The van der Waals surface area contributed by atoms with Crippen LogP contribution in [-0.4, -0.2) is 28.9 Å². The van der Waals surface area contributed by atoms with Gasteiger partial charge in [-0.15, -0.1) is 0 Å². The minimum atomic E-state index is -0.597. The summed E-state index contributed by atoms with van der Waals surface area (Å²) in [6.07, 6.45) is -0.597. The van der Waals surface area contributed by atoms with Crippen molar-refractivity contribution in [2.24, 2.45) is 0 Å². The van der Waals surface area contributed by atoms with Gasteiger partial charge < -0.3 is 10.1 Å². The monoisotopic (exact) mass is 364 g/mol. The molecule has 2 amide bonds. The first-order chi connectivity index (χ1) is 13.0. The molecule has 1 heterocycles. The number of nitrogens with zero attached hydrogens (tertiary/aromatic N) is 2. The van der Waals surface area contributed by atoms with E-state index in [9.17, 15) is 9.59 Å². The van der Waals surface area contributed by atoms with E-state index in [0.29, 0.717) is 17.1 Å². The number of methoxy groups -OCH3 is 1. The summed E-state index contributed by atoms with van der Waals surface area (Å²) in [5.74, 6) is 0.254. The maximum atomic E-state index is 12.7. The van der Waals surface area contributed by atoms with E-state index >= 15 is 0 Å². The summed E-state index contributed by atoms with van der Waals surface area (Å²) in [6, 6.07) is 16.3. The predicted octanol–water partition coefficient (Wildman–Crippen LogP) is 3.92. The van der Waals surface area contributed by atoms with E-state index in [1.807, 2.05) is 38.1 Å². The largest absolute Gasteiger partial charge is 0.453 e. The van der Waals surface area contributed by atoms with Crippen molar-refractivity contribution in [2.75, 3.05) is 17.7 Å². The van der Waals surface area contributed by atoms with Crippen LogP contribution in [0.2, 0.25) is 0 Å². The lowest BCUT2D eigenvalue weighted by molar-refractivity contribution is 0.102. The Hall–Kier alpha value is -3.61. The molecule has 7 nitrogen and oxygen atoms in total. The van der Waals surface area contributed by atoms with Crippen LogP contribution in [0.15, 0.2) is 54.6 Å². The number of benzene rings is 2. The molecular formula is C20H20N4O3. The average molecular weight is 364 g/mol. The van der Waals surface area contributed by atoms with Crippen LogP contribution in [0.4, 0.5) is 16.3 Å². The number of hydrogen-bond donors (Lipinski definition) is 2. The summed E-state index contributed by atoms with van der Waals surface area (Å²) in [6.45, 7) is 3.87. The average Bonchev–Trinajstić information content (AvgIpc) is 3.02. The van der Waals surface area contributed by atoms with Gasteiger partial charge in [-0.2, -0.15) is 5.10 Å². The fourth-order valence-electron chi connectivity index (χ4n) is 2.57. The number of ether oxygens (including phenoxy) is 1. The molecule has 0 atom stereocenters. The third kappa shape index (κ3) is 4.33. The van der Waals surface area contributed by atoms with Crippen molar-refractivity contribution in [2.45, 2.75) is 13.8 Å². The Kier molecular flexibility index (Phi) is 5.21. The zero-order valence-electron chi connectivity index (χ0n) is 15.3. The van der Waals surface area contributed by atoms with Gasteiger partial charge in [-0.05, 0) is 44.2 Å². The van der Waals surface area contributed by atoms with Crippen molar-refractivity contribution < 1.29 is 14.3 Å². The van der Waals surface area contributed by atoms with E-state index in [-0.39, 0.29) is 5.91 Å². The molecule has 138 valence electrons. The number of aryl methyl sites for hydroxylation is 2. The summed E-state index contributed by atoms with van der Waals surface area (Å²) in [7, 11) is 1.28. The van der Waals surface area contributed by atoms with Crippen molar-refractivity contribution in [3.63, 3.8) is 0 Å². The van der Waals surface area contributed by atoms with Crippen LogP contribution >= 0.6 is 0 Å². The maximum Gasteiger partial charge on any atom is 0.411 e. The lowest BCUT2D eigenvalue weighted by Crippen LogP contribution is -2.16. The first-order valence-electron chi connectivity index (χ1n) is 8.36. The van der Waals surface area contributed by atoms with Gasteiger partial charge in [-0.1, -0.05) is 23.8 Å². The third-order valence-electron chi connectivity index (χ3n) is 3.91. The molecule has 0 unspecified atom stereocenters. The zero-order chi connectivity index (χ0) is 19.4. The van der Waals surface area contributed by atoms with Gasteiger partial charge in [0.15, 0.2) is 0 Å². The molecule has 0 aliphatic carbocycles. The van der Waals surface area contributed by atoms with Crippen LogP contribution in [0.5, 0.6) is 0 Å². The fourth-order valence-corrected chi connectivity index (χ4v) is 2.57. The molecule has 0 radical (unpaired) electrons. The second-order valence-electron chi connectivity index (χ2n) is 6.07. The highest BCUT2D eigenvalue weighted by atomic mass is 16.5. The number of carbonyl (C=O) groups is 2. The summed E-state index contributed by atoms with van der Waals surface area (Å²) in [5.41, 5.74) is 3.65. The second kappa shape index (κ2) is 7.74. The smallest absolute Gasteiger partial charge is 0.411 e. The molecule has 0 aliphatic rings. The Morgan fingerprint density at radius 2 is 1.74 bits per heavy atom. The van der Waals surface area contributed by atoms with Crippen LogP contribution in [0.3, 0.4) is 0 Å². The first kappa shape index (κ1) is 18.2. The van der Waals surface area contributed by atoms with Crippen molar-refractivity contribution in [1.82, 2.24) is 9.78 Å². The van der Waals surface area contributed by atoms with E-state index in [2.05, 4.69) is 20.5 Å². The maximum absolute atomic E-state index is 12.7. The van der Waals surface area contributed by atoms with E-state index in [4.69, 9.17) is 0 Å². The topological polar surface area (TPSA) is 85.2 Å². The Balaban J connectivity index is 1.84. The van der Waals surface area contributed by atoms with Gasteiger partial charge in [0.25, 0.3) is 5.91 Å². The highest BCUT2D eigenvalue weighted by Gasteiger charge is 2.13. The van der Waals surface area contributed by atoms with Gasteiger partial charge in [0, 0.05) is 17.3 Å². The Bertz CT molecular complexity index is 977. The number of carbonyl (C=O) groups excluding carboxylic acids is 2. The SMILES string of the molecule is COC(=O)Nc1cccc(C(=O)Nc2cc(C)nn2-c2ccc(C)cc2)c1. The molecule has 2 N–H and O–H groups in total. The standard InChI is InChI=1S/C20H20N4O3/c1-13-7-9-17(10-8-13)24-18(11-14(2)23-24)22-19(25)15-5-4-6-16(12-15)21-20(26)27-3/h4-12H,1-3H3,(H,21,26)(H,22,25). The Morgan fingerprint density at radius 1 is 1.00 bits per heavy atom. The Labute approximate surface area is 157 Å². The fraction of sp³-hybridized carbons (Fsp3) is 0.150. The highest BCUT2D eigenvalue weighted by Crippen LogP contribution is 2.19. The molecule has 7 heteroatoms. The molecule has 3 rings (SSSR count). The third-order valence-corrected chi connectivity index (χ3v) is 3.91. The normalized spacial score (nSPS) is 10.3. The molecule has 0 aliphatic heterocycles. The first-order valence-corrected chi connectivity index (χ1v) is 8.36. The van der Waals surface area contributed by atoms with Crippen molar-refractivity contribution in [3.05, 3.63) is 71.4 Å². The highest BCUT2D eigenvalue weighted by molar-refractivity contribution is 6.05. The van der Waals surface area contributed by atoms with Gasteiger partial charge in [0.1, 0.15) is 5.82 Å². The van der Waals surface area contributed by atoms with Gasteiger partial charge in [-0.25, -0.2) is 9.48 Å². The number of aromatic nitrogens is 2. The van der Waals surface area contributed by atoms with Crippen molar-refractivity contribution in [1.29, 1.82) is 0 Å². The predicted molar refractivity (Wildman–Crippen MR) is 103 cm³/mol. The van der Waals surface area contributed by atoms with Crippen LogP contribution < -0.4 is 10.6 Å². The van der Waals surface area contributed by atoms with E-state index in [1.165, 1.54) is 7.11 Å². The summed E-state index contributed by atoms with van der Waals surface area (Å²) >= 11 is 0. The molecule has 0 fully saturated rings. The number of nitrogens with one attached hydrogen (secondary N) is 2. The lowest BCUT2D eigenvalue weighted by Gasteiger charge is -2.10. The summed E-state index contributed by atoms with van der Waals surface area (Å²) < 4.78 is 6.25. The summed E-state index contributed by atoms with van der Waals surface area (Å²) in [5, 5.41) is 9.87. The summed E-state index contributed by atoms with van der Waals surface area (Å²) in [4.78, 5) is 24.0. The quantitative estimate of drug-likeness (QED) is 0.735. The van der Waals surface area contributed by atoms with Crippen LogP contribution in [0.25, 0.3) is 5.69 Å². The Morgan fingerprint density at radius 3 is 2.44 bits per heavy atom. The van der Waals surface area contributed by atoms with Gasteiger partial charge in [0.05, 0.1) is 18.5 Å². The van der Waals surface area contributed by atoms with Crippen molar-refractivity contribution >= 4 is 23.5 Å². The van der Waals surface area contributed by atoms with Crippen LogP contribution in [0.1, 0.15) is 21.6 Å². The molecule has 0 saturated heterocycles. The molecule has 27 heavy (non-hydrogen) atoms. The van der Waals surface area contributed by atoms with Gasteiger partial charge in [0.2, 0.25) is 0 Å². The minimum absolute atomic E-state index is 0.309. The number of rotatable bonds is 4. The molecule has 0 saturated carbocycles. The molecule has 3 aromatic rings. The van der Waals surface area contributed by atoms with Crippen molar-refractivity contribution in [3.8, 4) is 5.69 Å². The molecule has 2 aromatic carbocycles. The van der Waals surface area contributed by atoms with Crippen LogP contribution in [-0.2, 0) is 4.74 Å². The number of amides is 2. The zero-order valence-corrected chi connectivity index (χ0v) is 15.3. The lowest BCUT2D eigenvalue weighted by atomic mass is 10.2. The van der Waals surface area contributed by atoms with E-state index in [1.54, 1.807) is 35.0 Å². The van der Waals surface area contributed by atoms with Crippen LogP contribution in [0, 0.1) is 13.8 Å². The second-order valence-corrected chi connectivity index (χ2v) is 6.07. The van der Waals surface area contributed by atoms with E-state index in [0.717, 1.165) is 16.9 Å². The number of hydrogen-bond acceptors (Lipinski definition) is 4. The number of anilines is 2.